The van der Waals surface area contributed by atoms with Gasteiger partial charge in [-0.25, -0.2) is 9.50 Å². The molecule has 3 heterocycles. The number of anilines is 1. The Labute approximate surface area is 145 Å². The maximum Gasteiger partial charge on any atom is 0.278 e. The number of piperazine rings is 1. The highest BCUT2D eigenvalue weighted by molar-refractivity contribution is 7.96. The van der Waals surface area contributed by atoms with Crippen LogP contribution in [0.2, 0.25) is 0 Å². The Morgan fingerprint density at radius 2 is 1.75 bits per heavy atom. The summed E-state index contributed by atoms with van der Waals surface area (Å²) in [4.78, 5) is 19.7. The van der Waals surface area contributed by atoms with Crippen molar-refractivity contribution in [1.82, 2.24) is 19.5 Å². The summed E-state index contributed by atoms with van der Waals surface area (Å²) in [5.41, 5.74) is 2.87. The summed E-state index contributed by atoms with van der Waals surface area (Å²) >= 11 is 3.89. The SMILES string of the molecule is O=C(S)N1CCN(c2ccc3ncc(-c4ccccc4)n3n2)CC1. The van der Waals surface area contributed by atoms with Gasteiger partial charge in [0.25, 0.3) is 5.24 Å². The molecule has 1 saturated heterocycles. The highest BCUT2D eigenvalue weighted by Gasteiger charge is 2.20. The van der Waals surface area contributed by atoms with Gasteiger partial charge in [-0.3, -0.25) is 4.79 Å². The van der Waals surface area contributed by atoms with Crippen LogP contribution in [0.5, 0.6) is 0 Å². The lowest BCUT2D eigenvalue weighted by Gasteiger charge is -2.34. The summed E-state index contributed by atoms with van der Waals surface area (Å²) < 4.78 is 1.88. The Balaban J connectivity index is 1.65. The zero-order valence-corrected chi connectivity index (χ0v) is 13.9. The molecule has 24 heavy (non-hydrogen) atoms. The third-order valence-corrected chi connectivity index (χ3v) is 4.57. The smallest absolute Gasteiger partial charge is 0.278 e. The van der Waals surface area contributed by atoms with Gasteiger partial charge < -0.3 is 9.80 Å². The van der Waals surface area contributed by atoms with Crippen molar-refractivity contribution in [3.63, 3.8) is 0 Å². The van der Waals surface area contributed by atoms with Gasteiger partial charge in [0.15, 0.2) is 5.65 Å². The number of aromatic nitrogens is 3. The lowest BCUT2D eigenvalue weighted by molar-refractivity contribution is 0.220. The summed E-state index contributed by atoms with van der Waals surface area (Å²) in [6.07, 6.45) is 1.85. The molecule has 0 radical (unpaired) electrons. The Morgan fingerprint density at radius 1 is 1.00 bits per heavy atom. The highest BCUT2D eigenvalue weighted by Crippen LogP contribution is 2.22. The van der Waals surface area contributed by atoms with Gasteiger partial charge in [0.2, 0.25) is 0 Å². The van der Waals surface area contributed by atoms with Crippen LogP contribution in [0.25, 0.3) is 16.9 Å². The predicted octanol–water partition coefficient (Wildman–Crippen LogP) is 2.57. The molecule has 7 heteroatoms. The molecule has 122 valence electrons. The number of hydrogen-bond donors (Lipinski definition) is 1. The molecule has 0 saturated carbocycles. The molecule has 0 aliphatic carbocycles. The number of carbonyl (C=O) groups is 1. The maximum atomic E-state index is 11.3. The van der Waals surface area contributed by atoms with Gasteiger partial charge in [0.05, 0.1) is 11.9 Å². The van der Waals surface area contributed by atoms with E-state index >= 15 is 0 Å². The second-order valence-corrected chi connectivity index (χ2v) is 6.11. The van der Waals surface area contributed by atoms with Crippen molar-refractivity contribution in [3.8, 4) is 11.3 Å². The normalized spacial score (nSPS) is 15.0. The number of nitrogens with zero attached hydrogens (tertiary/aromatic N) is 5. The number of carbonyl (C=O) groups excluding carboxylic acids is 1. The molecule has 0 spiro atoms. The Morgan fingerprint density at radius 3 is 2.46 bits per heavy atom. The van der Waals surface area contributed by atoms with E-state index in [1.54, 1.807) is 4.90 Å². The topological polar surface area (TPSA) is 53.7 Å². The molecule has 4 rings (SSSR count). The monoisotopic (exact) mass is 339 g/mol. The highest BCUT2D eigenvalue weighted by atomic mass is 32.1. The van der Waals surface area contributed by atoms with Crippen LogP contribution in [0, 0.1) is 0 Å². The Bertz CT molecular complexity index is 871. The molecular weight excluding hydrogens is 322 g/mol. The molecule has 0 N–H and O–H groups in total. The van der Waals surface area contributed by atoms with Crippen LogP contribution in [-0.4, -0.2) is 50.9 Å². The molecule has 1 aromatic carbocycles. The van der Waals surface area contributed by atoms with E-state index in [2.05, 4.69) is 34.6 Å². The fourth-order valence-electron chi connectivity index (χ4n) is 2.96. The number of benzene rings is 1. The van der Waals surface area contributed by atoms with E-state index in [0.717, 1.165) is 35.8 Å². The average molecular weight is 339 g/mol. The van der Waals surface area contributed by atoms with Crippen molar-refractivity contribution in [2.24, 2.45) is 0 Å². The lowest BCUT2D eigenvalue weighted by atomic mass is 10.2. The fourth-order valence-corrected chi connectivity index (χ4v) is 3.16. The van der Waals surface area contributed by atoms with Crippen LogP contribution in [0.15, 0.2) is 48.7 Å². The van der Waals surface area contributed by atoms with Crippen molar-refractivity contribution in [1.29, 1.82) is 0 Å². The quantitative estimate of drug-likeness (QED) is 0.729. The Hall–Kier alpha value is -2.54. The molecule has 0 unspecified atom stereocenters. The third-order valence-electron chi connectivity index (χ3n) is 4.29. The lowest BCUT2D eigenvalue weighted by Crippen LogP contribution is -2.47. The van der Waals surface area contributed by atoms with E-state index in [1.165, 1.54) is 0 Å². The van der Waals surface area contributed by atoms with E-state index in [9.17, 15) is 4.79 Å². The summed E-state index contributed by atoms with van der Waals surface area (Å²) in [5, 5.41) is 4.60. The van der Waals surface area contributed by atoms with Crippen LogP contribution in [0.4, 0.5) is 10.6 Å². The van der Waals surface area contributed by atoms with Crippen molar-refractivity contribution >= 4 is 29.3 Å². The largest absolute Gasteiger partial charge is 0.352 e. The average Bonchev–Trinajstić information content (AvgIpc) is 3.05. The first-order chi connectivity index (χ1) is 11.7. The van der Waals surface area contributed by atoms with Crippen LogP contribution in [0.1, 0.15) is 0 Å². The summed E-state index contributed by atoms with van der Waals surface area (Å²) in [7, 11) is 0. The zero-order chi connectivity index (χ0) is 16.5. The molecule has 1 aliphatic rings. The van der Waals surface area contributed by atoms with Gasteiger partial charge in [-0.05, 0) is 12.1 Å². The minimum atomic E-state index is -0.168. The van der Waals surface area contributed by atoms with Gasteiger partial charge >= 0.3 is 0 Å². The summed E-state index contributed by atoms with van der Waals surface area (Å²) in [5.74, 6) is 0.893. The van der Waals surface area contributed by atoms with Crippen molar-refractivity contribution in [3.05, 3.63) is 48.7 Å². The van der Waals surface area contributed by atoms with Crippen molar-refractivity contribution in [2.75, 3.05) is 31.1 Å². The minimum absolute atomic E-state index is 0.168. The number of rotatable bonds is 2. The van der Waals surface area contributed by atoms with Crippen LogP contribution in [-0.2, 0) is 0 Å². The Kier molecular flexibility index (Phi) is 3.86. The van der Waals surface area contributed by atoms with Crippen molar-refractivity contribution < 1.29 is 4.79 Å². The molecule has 1 fully saturated rings. The van der Waals surface area contributed by atoms with Crippen LogP contribution in [0.3, 0.4) is 0 Å². The van der Waals surface area contributed by atoms with E-state index < -0.39 is 0 Å². The molecule has 0 bridgehead atoms. The third kappa shape index (κ3) is 2.71. The van der Waals surface area contributed by atoms with Gasteiger partial charge in [0, 0.05) is 31.7 Å². The second-order valence-electron chi connectivity index (χ2n) is 5.73. The summed E-state index contributed by atoms with van der Waals surface area (Å²) in [6.45, 7) is 2.83. The van der Waals surface area contributed by atoms with Gasteiger partial charge in [-0.15, -0.1) is 5.10 Å². The maximum absolute atomic E-state index is 11.3. The van der Waals surface area contributed by atoms with Crippen LogP contribution >= 0.6 is 12.6 Å². The molecule has 0 atom stereocenters. The first-order valence-electron chi connectivity index (χ1n) is 7.85. The van der Waals surface area contributed by atoms with E-state index in [1.807, 2.05) is 41.0 Å². The van der Waals surface area contributed by atoms with Crippen molar-refractivity contribution in [2.45, 2.75) is 0 Å². The van der Waals surface area contributed by atoms with Gasteiger partial charge in [0.1, 0.15) is 5.82 Å². The van der Waals surface area contributed by atoms with Gasteiger partial charge in [-0.1, -0.05) is 43.0 Å². The molecule has 6 nitrogen and oxygen atoms in total. The molecule has 2 aromatic heterocycles. The first kappa shape index (κ1) is 15.0. The first-order valence-corrected chi connectivity index (χ1v) is 8.30. The number of imidazole rings is 1. The standard InChI is InChI=1S/C17H17N5OS/c23-17(24)21-10-8-20(9-11-21)16-7-6-15-18-12-14(22(15)19-16)13-4-2-1-3-5-13/h1-7,12H,8-11H2,(H,23,24). The summed E-state index contributed by atoms with van der Waals surface area (Å²) in [6, 6.07) is 14.1. The number of fused-ring (bicyclic) bond motifs is 1. The molecule has 3 aromatic rings. The van der Waals surface area contributed by atoms with E-state index in [-0.39, 0.29) is 5.24 Å². The van der Waals surface area contributed by atoms with Crippen LogP contribution < -0.4 is 4.90 Å². The zero-order valence-electron chi connectivity index (χ0n) is 13.0. The fraction of sp³-hybridized carbons (Fsp3) is 0.235. The number of thiol groups is 1. The number of amides is 1. The minimum Gasteiger partial charge on any atom is -0.352 e. The molecule has 1 amide bonds. The predicted molar refractivity (Wildman–Crippen MR) is 96.6 cm³/mol. The molecule has 1 aliphatic heterocycles. The van der Waals surface area contributed by atoms with Gasteiger partial charge in [-0.2, -0.15) is 0 Å². The van der Waals surface area contributed by atoms with E-state index in [0.29, 0.717) is 13.1 Å². The second kappa shape index (κ2) is 6.16. The number of hydrogen-bond acceptors (Lipinski definition) is 4. The molecular formula is C17H17N5OS. The van der Waals surface area contributed by atoms with E-state index in [4.69, 9.17) is 5.10 Å².